The Morgan fingerprint density at radius 2 is 1.55 bits per heavy atom. The van der Waals surface area contributed by atoms with Crippen molar-refractivity contribution in [2.24, 2.45) is 5.92 Å². The van der Waals surface area contributed by atoms with Crippen molar-refractivity contribution in [1.29, 1.82) is 0 Å². The van der Waals surface area contributed by atoms with Crippen molar-refractivity contribution in [2.75, 3.05) is 18.1 Å². The Bertz CT molecular complexity index is 1390. The summed E-state index contributed by atoms with van der Waals surface area (Å²) in [5.74, 6) is 0.691. The minimum Gasteiger partial charge on any atom is -0.507 e. The Morgan fingerprint density at radius 1 is 0.900 bits per heavy atom. The zero-order valence-corrected chi connectivity index (χ0v) is 23.9. The van der Waals surface area contributed by atoms with Crippen molar-refractivity contribution >= 4 is 23.1 Å². The highest BCUT2D eigenvalue weighted by atomic mass is 16.5. The topological polar surface area (TPSA) is 85.3 Å². The van der Waals surface area contributed by atoms with Crippen molar-refractivity contribution < 1.29 is 28.9 Å². The Balaban J connectivity index is 1.81. The van der Waals surface area contributed by atoms with Gasteiger partial charge in [-0.25, -0.2) is 0 Å². The number of nitrogens with zero attached hydrogens (tertiary/aromatic N) is 1. The summed E-state index contributed by atoms with van der Waals surface area (Å²) < 4.78 is 17.2. The van der Waals surface area contributed by atoms with Crippen LogP contribution >= 0.6 is 0 Å². The number of hydrogen-bond donors (Lipinski definition) is 1. The van der Waals surface area contributed by atoms with Gasteiger partial charge in [0, 0.05) is 11.3 Å². The second kappa shape index (κ2) is 12.3. The minimum absolute atomic E-state index is 0.00364. The van der Waals surface area contributed by atoms with Crippen molar-refractivity contribution in [3.05, 3.63) is 89.0 Å². The van der Waals surface area contributed by atoms with E-state index in [0.29, 0.717) is 53.2 Å². The van der Waals surface area contributed by atoms with Gasteiger partial charge in [0.25, 0.3) is 11.7 Å². The first-order valence-electron chi connectivity index (χ1n) is 13.6. The largest absolute Gasteiger partial charge is 0.507 e. The van der Waals surface area contributed by atoms with E-state index in [1.165, 1.54) is 4.90 Å². The fourth-order valence-corrected chi connectivity index (χ4v) is 4.66. The highest BCUT2D eigenvalue weighted by Crippen LogP contribution is 2.43. The molecule has 1 atom stereocenters. The van der Waals surface area contributed by atoms with Gasteiger partial charge in [-0.1, -0.05) is 26.0 Å². The number of hydrogen-bond acceptors (Lipinski definition) is 6. The molecule has 1 fully saturated rings. The number of ketones is 1. The number of carbonyl (C=O) groups is 2. The summed E-state index contributed by atoms with van der Waals surface area (Å²) in [6.45, 7) is 12.9. The molecular formula is C33H37NO6. The molecule has 0 radical (unpaired) electrons. The number of anilines is 1. The van der Waals surface area contributed by atoms with Gasteiger partial charge >= 0.3 is 0 Å². The number of amides is 1. The number of rotatable bonds is 10. The van der Waals surface area contributed by atoms with Gasteiger partial charge in [-0.2, -0.15) is 0 Å². The minimum atomic E-state index is -0.844. The van der Waals surface area contributed by atoms with E-state index in [1.807, 2.05) is 39.8 Å². The monoisotopic (exact) mass is 543 g/mol. The van der Waals surface area contributed by atoms with Crippen LogP contribution in [0.3, 0.4) is 0 Å². The van der Waals surface area contributed by atoms with E-state index in [-0.39, 0.29) is 17.4 Å². The number of aliphatic hydroxyl groups excluding tert-OH is 1. The van der Waals surface area contributed by atoms with E-state index in [9.17, 15) is 14.7 Å². The highest BCUT2D eigenvalue weighted by Gasteiger charge is 2.47. The first-order chi connectivity index (χ1) is 19.1. The van der Waals surface area contributed by atoms with Crippen LogP contribution in [0.2, 0.25) is 0 Å². The fourth-order valence-electron chi connectivity index (χ4n) is 4.66. The van der Waals surface area contributed by atoms with Crippen LogP contribution in [0.15, 0.2) is 72.3 Å². The van der Waals surface area contributed by atoms with Gasteiger partial charge < -0.3 is 19.3 Å². The van der Waals surface area contributed by atoms with Gasteiger partial charge in [0.2, 0.25) is 0 Å². The molecule has 3 aromatic rings. The summed E-state index contributed by atoms with van der Waals surface area (Å²) >= 11 is 0. The average molecular weight is 544 g/mol. The predicted octanol–water partition coefficient (Wildman–Crippen LogP) is 6.84. The highest BCUT2D eigenvalue weighted by molar-refractivity contribution is 6.51. The summed E-state index contributed by atoms with van der Waals surface area (Å²) in [5.41, 5.74) is 2.46. The summed E-state index contributed by atoms with van der Waals surface area (Å²) in [5, 5.41) is 11.5. The Kier molecular flexibility index (Phi) is 8.83. The maximum Gasteiger partial charge on any atom is 0.300 e. The van der Waals surface area contributed by atoms with Gasteiger partial charge in [0.15, 0.2) is 0 Å². The van der Waals surface area contributed by atoms with Gasteiger partial charge in [-0.05, 0) is 99.3 Å². The number of aliphatic hydroxyl groups is 1. The summed E-state index contributed by atoms with van der Waals surface area (Å²) in [7, 11) is 0. The summed E-state index contributed by atoms with van der Waals surface area (Å²) in [4.78, 5) is 28.4. The molecule has 40 heavy (non-hydrogen) atoms. The first-order valence-corrected chi connectivity index (χ1v) is 13.6. The van der Waals surface area contributed by atoms with Crippen LogP contribution in [0.1, 0.15) is 57.4 Å². The van der Waals surface area contributed by atoms with Gasteiger partial charge in [-0.3, -0.25) is 14.5 Å². The Hall–Kier alpha value is -4.26. The lowest BCUT2D eigenvalue weighted by Crippen LogP contribution is -2.29. The molecule has 1 aliphatic heterocycles. The molecule has 1 heterocycles. The third kappa shape index (κ3) is 6.14. The van der Waals surface area contributed by atoms with Crippen molar-refractivity contribution in [3.63, 3.8) is 0 Å². The Labute approximate surface area is 236 Å². The molecule has 210 valence electrons. The number of benzene rings is 3. The van der Waals surface area contributed by atoms with Crippen LogP contribution in [-0.2, 0) is 9.59 Å². The van der Waals surface area contributed by atoms with E-state index in [2.05, 4.69) is 13.8 Å². The van der Waals surface area contributed by atoms with Gasteiger partial charge in [0.1, 0.15) is 23.0 Å². The molecular weight excluding hydrogens is 506 g/mol. The molecule has 4 rings (SSSR count). The van der Waals surface area contributed by atoms with E-state index in [0.717, 1.165) is 5.56 Å². The Morgan fingerprint density at radius 3 is 2.12 bits per heavy atom. The molecule has 1 amide bonds. The van der Waals surface area contributed by atoms with Gasteiger partial charge in [0.05, 0.1) is 30.9 Å². The molecule has 7 nitrogen and oxygen atoms in total. The van der Waals surface area contributed by atoms with Crippen molar-refractivity contribution in [1.82, 2.24) is 0 Å². The van der Waals surface area contributed by atoms with E-state index < -0.39 is 17.7 Å². The fraction of sp³-hybridized carbons (Fsp3) is 0.333. The van der Waals surface area contributed by atoms with E-state index >= 15 is 0 Å². The molecule has 1 saturated heterocycles. The van der Waals surface area contributed by atoms with Crippen LogP contribution in [-0.4, -0.2) is 36.1 Å². The smallest absolute Gasteiger partial charge is 0.300 e. The van der Waals surface area contributed by atoms with E-state index in [1.54, 1.807) is 54.6 Å². The lowest BCUT2D eigenvalue weighted by Gasteiger charge is -2.26. The lowest BCUT2D eigenvalue weighted by atomic mass is 9.94. The number of Topliss-reactive ketones (excluding diaryl/α,β-unsaturated/α-hetero) is 1. The molecule has 1 aliphatic rings. The van der Waals surface area contributed by atoms with Crippen LogP contribution in [0.25, 0.3) is 5.76 Å². The molecule has 1 unspecified atom stereocenters. The first kappa shape index (κ1) is 28.7. The maximum absolute atomic E-state index is 13.5. The quantitative estimate of drug-likeness (QED) is 0.171. The number of carbonyl (C=O) groups excluding carboxylic acids is 2. The SMILES string of the molecule is CCOc1ccc(N2C(=O)C(=O)/C(=C(\O)c3ccc(OCC(C)C)c(C)c3)C2c2ccc(OC(C)C)cc2)cc1. The molecule has 0 saturated carbocycles. The zero-order chi connectivity index (χ0) is 29.0. The number of aryl methyl sites for hydroxylation is 1. The average Bonchev–Trinajstić information content (AvgIpc) is 3.18. The summed E-state index contributed by atoms with van der Waals surface area (Å²) in [6, 6.07) is 18.7. The molecule has 0 spiro atoms. The molecule has 7 heteroatoms. The second-order valence-electron chi connectivity index (χ2n) is 10.5. The van der Waals surface area contributed by atoms with E-state index in [4.69, 9.17) is 14.2 Å². The van der Waals surface area contributed by atoms with Crippen LogP contribution < -0.4 is 19.1 Å². The third-order valence-electron chi connectivity index (χ3n) is 6.46. The van der Waals surface area contributed by atoms with Crippen molar-refractivity contribution in [2.45, 2.75) is 53.7 Å². The lowest BCUT2D eigenvalue weighted by molar-refractivity contribution is -0.132. The molecule has 0 aliphatic carbocycles. The number of ether oxygens (including phenoxy) is 3. The van der Waals surface area contributed by atoms with Crippen LogP contribution in [0, 0.1) is 12.8 Å². The second-order valence-corrected chi connectivity index (χ2v) is 10.5. The zero-order valence-electron chi connectivity index (χ0n) is 23.9. The summed E-state index contributed by atoms with van der Waals surface area (Å²) in [6.07, 6.45) is -0.00364. The molecule has 3 aromatic carbocycles. The van der Waals surface area contributed by atoms with Crippen LogP contribution in [0.4, 0.5) is 5.69 Å². The standard InChI is InChI=1S/C33H37NO6/c1-7-38-26-15-11-25(12-16-26)34-30(23-8-13-27(14-9-23)40-21(4)5)29(32(36)33(34)37)31(35)24-10-17-28(22(6)18-24)39-19-20(2)3/h8-18,20-21,30,35H,7,19H2,1-6H3/b31-29-. The molecule has 0 bridgehead atoms. The molecule has 0 aromatic heterocycles. The van der Waals surface area contributed by atoms with Crippen LogP contribution in [0.5, 0.6) is 17.2 Å². The van der Waals surface area contributed by atoms with Crippen molar-refractivity contribution in [3.8, 4) is 17.2 Å². The third-order valence-corrected chi connectivity index (χ3v) is 6.46. The van der Waals surface area contributed by atoms with Gasteiger partial charge in [-0.15, -0.1) is 0 Å². The normalized spacial score (nSPS) is 16.6. The maximum atomic E-state index is 13.5. The predicted molar refractivity (Wildman–Crippen MR) is 156 cm³/mol. The molecule has 1 N–H and O–H groups in total.